The van der Waals surface area contributed by atoms with Crippen molar-refractivity contribution in [2.75, 3.05) is 0 Å². The van der Waals surface area contributed by atoms with Crippen molar-refractivity contribution in [3.05, 3.63) is 38.9 Å². The number of halogens is 1. The van der Waals surface area contributed by atoms with Crippen molar-refractivity contribution >= 4 is 41.1 Å². The number of carbonyl (C=O) groups excluding carboxylic acids is 4. The van der Waals surface area contributed by atoms with E-state index in [1.807, 2.05) is 0 Å². The van der Waals surface area contributed by atoms with Crippen LogP contribution in [0.1, 0.15) is 44.0 Å². The molecule has 3 N–H and O–H groups in total. The minimum Gasteiger partial charge on any atom is -0.451 e. The number of nitro benzene ring substituents is 1. The Labute approximate surface area is 183 Å². The molecular formula is C19H23ClN4O7. The summed E-state index contributed by atoms with van der Waals surface area (Å²) in [7, 11) is 0. The van der Waals surface area contributed by atoms with Gasteiger partial charge in [0.1, 0.15) is 11.1 Å². The van der Waals surface area contributed by atoms with Crippen LogP contribution in [0.15, 0.2) is 18.2 Å². The van der Waals surface area contributed by atoms with Crippen LogP contribution in [0.2, 0.25) is 5.02 Å². The van der Waals surface area contributed by atoms with Gasteiger partial charge in [0.05, 0.1) is 4.92 Å². The molecule has 1 aromatic carbocycles. The second-order valence-corrected chi connectivity index (χ2v) is 7.84. The summed E-state index contributed by atoms with van der Waals surface area (Å²) in [6, 6.07) is 1.72. The van der Waals surface area contributed by atoms with E-state index in [4.69, 9.17) is 16.3 Å². The Morgan fingerprint density at radius 2 is 1.84 bits per heavy atom. The number of nitro groups is 1. The Balaban J connectivity index is 2.00. The normalized spacial score (nSPS) is 14.9. The maximum atomic E-state index is 12.5. The summed E-state index contributed by atoms with van der Waals surface area (Å²) < 4.78 is 5.10. The second kappa shape index (κ2) is 10.2. The minimum atomic E-state index is -1.28. The Morgan fingerprint density at radius 3 is 2.39 bits per heavy atom. The molecule has 0 heterocycles. The van der Waals surface area contributed by atoms with Crippen LogP contribution < -0.4 is 16.0 Å². The highest BCUT2D eigenvalue weighted by atomic mass is 35.5. The van der Waals surface area contributed by atoms with Crippen molar-refractivity contribution in [3.63, 3.8) is 0 Å². The summed E-state index contributed by atoms with van der Waals surface area (Å²) in [5, 5.41) is 18.0. The first-order chi connectivity index (χ1) is 14.5. The molecule has 11 nitrogen and oxygen atoms in total. The molecule has 2 unspecified atom stereocenters. The highest BCUT2D eigenvalue weighted by Crippen LogP contribution is 2.25. The average Bonchev–Trinajstić information content (AvgIpc) is 3.49. The molecule has 0 spiro atoms. The average molecular weight is 455 g/mol. The first-order valence-corrected chi connectivity index (χ1v) is 9.94. The number of nitrogens with one attached hydrogen (secondary N) is 3. The maximum Gasteiger partial charge on any atom is 0.329 e. The molecule has 1 aromatic rings. The molecule has 1 fully saturated rings. The van der Waals surface area contributed by atoms with Crippen LogP contribution in [0.4, 0.5) is 10.5 Å². The lowest BCUT2D eigenvalue weighted by Crippen LogP contribution is -2.49. The topological polar surface area (TPSA) is 157 Å². The lowest BCUT2D eigenvalue weighted by Gasteiger charge is -2.23. The third kappa shape index (κ3) is 6.92. The van der Waals surface area contributed by atoms with E-state index in [1.54, 1.807) is 13.8 Å². The maximum absolute atomic E-state index is 12.5. The van der Waals surface area contributed by atoms with Gasteiger partial charge in [-0.2, -0.15) is 0 Å². The number of imide groups is 1. The first-order valence-electron chi connectivity index (χ1n) is 9.56. The number of esters is 1. The number of benzene rings is 1. The van der Waals surface area contributed by atoms with E-state index in [0.29, 0.717) is 0 Å². The van der Waals surface area contributed by atoms with Crippen molar-refractivity contribution < 1.29 is 28.8 Å². The second-order valence-electron chi connectivity index (χ2n) is 7.43. The molecular weight excluding hydrogens is 432 g/mol. The van der Waals surface area contributed by atoms with Gasteiger partial charge in [0.15, 0.2) is 6.10 Å². The van der Waals surface area contributed by atoms with Gasteiger partial charge in [-0.3, -0.25) is 25.0 Å². The summed E-state index contributed by atoms with van der Waals surface area (Å²) >= 11 is 5.74. The number of hydrogen-bond acceptors (Lipinski definition) is 7. The molecule has 31 heavy (non-hydrogen) atoms. The fourth-order valence-corrected chi connectivity index (χ4v) is 2.67. The Bertz CT molecular complexity index is 901. The monoisotopic (exact) mass is 454 g/mol. The van der Waals surface area contributed by atoms with Crippen molar-refractivity contribution in [3.8, 4) is 0 Å². The third-order valence-electron chi connectivity index (χ3n) is 4.42. The largest absolute Gasteiger partial charge is 0.451 e. The molecule has 1 saturated carbocycles. The third-order valence-corrected chi connectivity index (χ3v) is 4.74. The van der Waals surface area contributed by atoms with Gasteiger partial charge in [-0.1, -0.05) is 25.4 Å². The van der Waals surface area contributed by atoms with E-state index in [0.717, 1.165) is 18.9 Å². The highest BCUT2D eigenvalue weighted by molar-refractivity contribution is 6.32. The number of urea groups is 1. The predicted molar refractivity (Wildman–Crippen MR) is 109 cm³/mol. The minimum absolute atomic E-state index is 0.0508. The molecule has 2 atom stereocenters. The molecule has 168 valence electrons. The van der Waals surface area contributed by atoms with Gasteiger partial charge in [0.25, 0.3) is 17.5 Å². The molecule has 2 rings (SSSR count). The quantitative estimate of drug-likeness (QED) is 0.307. The van der Waals surface area contributed by atoms with Gasteiger partial charge < -0.3 is 15.4 Å². The molecule has 4 amide bonds. The SMILES string of the molecule is CC(OC(=O)C(NC(=O)c1ccc(Cl)c([N+](=O)[O-])c1)C(C)C)C(=O)NC(=O)NC1CC1. The molecule has 1 aliphatic rings. The standard InChI is InChI=1S/C19H23ClN4O7/c1-9(2)15(22-17(26)11-4-7-13(20)14(8-11)24(29)30)18(27)31-10(3)16(25)23-19(28)21-12-5-6-12/h4,7-10,12,15H,5-6H2,1-3H3,(H,22,26)(H2,21,23,25,28). The van der Waals surface area contributed by atoms with Crippen molar-refractivity contribution in [1.29, 1.82) is 0 Å². The van der Waals surface area contributed by atoms with Crippen molar-refractivity contribution in [2.24, 2.45) is 5.92 Å². The zero-order valence-corrected chi connectivity index (χ0v) is 17.9. The molecule has 0 aromatic heterocycles. The van der Waals surface area contributed by atoms with Crippen LogP contribution in [-0.2, 0) is 14.3 Å². The molecule has 1 aliphatic carbocycles. The number of hydrogen-bond donors (Lipinski definition) is 3. The van der Waals surface area contributed by atoms with E-state index in [9.17, 15) is 29.3 Å². The van der Waals surface area contributed by atoms with E-state index >= 15 is 0 Å². The zero-order valence-electron chi connectivity index (χ0n) is 17.1. The van der Waals surface area contributed by atoms with Gasteiger partial charge in [-0.25, -0.2) is 9.59 Å². The van der Waals surface area contributed by atoms with E-state index < -0.39 is 52.5 Å². The molecule has 0 saturated heterocycles. The number of nitrogens with zero attached hydrogens (tertiary/aromatic N) is 1. The Hall–Kier alpha value is -3.21. The van der Waals surface area contributed by atoms with Gasteiger partial charge in [-0.15, -0.1) is 0 Å². The van der Waals surface area contributed by atoms with Crippen LogP contribution >= 0.6 is 11.6 Å². The van der Waals surface area contributed by atoms with Gasteiger partial charge in [0.2, 0.25) is 0 Å². The zero-order chi connectivity index (χ0) is 23.3. The summed E-state index contributed by atoms with van der Waals surface area (Å²) in [6.45, 7) is 4.58. The van der Waals surface area contributed by atoms with Crippen molar-refractivity contribution in [2.45, 2.75) is 51.8 Å². The number of rotatable bonds is 8. The Morgan fingerprint density at radius 1 is 1.19 bits per heavy atom. The summed E-state index contributed by atoms with van der Waals surface area (Å²) in [5.41, 5.74) is -0.523. The summed E-state index contributed by atoms with van der Waals surface area (Å²) in [6.07, 6.45) is 0.407. The fraction of sp³-hybridized carbons (Fsp3) is 0.474. The van der Waals surface area contributed by atoms with Gasteiger partial charge in [-0.05, 0) is 37.8 Å². The predicted octanol–water partition coefficient (Wildman–Crippen LogP) is 1.92. The van der Waals surface area contributed by atoms with Crippen LogP contribution in [0.25, 0.3) is 0 Å². The molecule has 0 radical (unpaired) electrons. The van der Waals surface area contributed by atoms with Crippen LogP contribution in [0, 0.1) is 16.0 Å². The number of carbonyl (C=O) groups is 4. The molecule has 12 heteroatoms. The van der Waals surface area contributed by atoms with Crippen LogP contribution in [0.5, 0.6) is 0 Å². The highest BCUT2D eigenvalue weighted by Gasteiger charge is 2.31. The van der Waals surface area contributed by atoms with E-state index in [-0.39, 0.29) is 16.6 Å². The number of ether oxygens (including phenoxy) is 1. The molecule has 0 aliphatic heterocycles. The summed E-state index contributed by atoms with van der Waals surface area (Å²) in [4.78, 5) is 59.0. The lowest BCUT2D eigenvalue weighted by molar-refractivity contribution is -0.384. The fourth-order valence-electron chi connectivity index (χ4n) is 2.48. The first kappa shape index (κ1) is 24.1. The lowest BCUT2D eigenvalue weighted by atomic mass is 10.0. The van der Waals surface area contributed by atoms with Crippen LogP contribution in [-0.4, -0.2) is 46.9 Å². The smallest absolute Gasteiger partial charge is 0.329 e. The van der Waals surface area contributed by atoms with E-state index in [1.165, 1.54) is 19.1 Å². The summed E-state index contributed by atoms with van der Waals surface area (Å²) in [5.74, 6) is -2.88. The van der Waals surface area contributed by atoms with Crippen molar-refractivity contribution in [1.82, 2.24) is 16.0 Å². The van der Waals surface area contributed by atoms with Gasteiger partial charge in [0, 0.05) is 17.7 Å². The molecule has 0 bridgehead atoms. The Kier molecular flexibility index (Phi) is 7.92. The van der Waals surface area contributed by atoms with Crippen LogP contribution in [0.3, 0.4) is 0 Å². The van der Waals surface area contributed by atoms with Gasteiger partial charge >= 0.3 is 12.0 Å². The number of amides is 4. The van der Waals surface area contributed by atoms with E-state index in [2.05, 4.69) is 16.0 Å².